The number of carbonyl (C=O) groups is 1. The number of piperidine rings is 1. The molecule has 8 heteroatoms. The third kappa shape index (κ3) is 4.14. The summed E-state index contributed by atoms with van der Waals surface area (Å²) in [7, 11) is 0. The molecule has 0 bridgehead atoms. The van der Waals surface area contributed by atoms with Gasteiger partial charge in [-0.05, 0) is 43.5 Å². The van der Waals surface area contributed by atoms with Gasteiger partial charge in [-0.2, -0.15) is 4.98 Å². The molecule has 0 N–H and O–H groups in total. The van der Waals surface area contributed by atoms with Crippen molar-refractivity contribution in [2.45, 2.75) is 25.3 Å². The Morgan fingerprint density at radius 1 is 1.21 bits per heavy atom. The van der Waals surface area contributed by atoms with E-state index < -0.39 is 0 Å². The summed E-state index contributed by atoms with van der Waals surface area (Å²) in [5.41, 5.74) is 0.684. The summed E-state index contributed by atoms with van der Waals surface area (Å²) in [6, 6.07) is 12.5. The number of halogens is 1. The SMILES string of the molecule is O=C(COc1ccccc1)N1CCCC[C@@H]1c1noc(-c2ccc(Cl)nc2)n1. The van der Waals surface area contributed by atoms with Gasteiger partial charge in [-0.3, -0.25) is 4.79 Å². The molecule has 3 heterocycles. The zero-order valence-electron chi connectivity index (χ0n) is 15.1. The molecular weight excluding hydrogens is 380 g/mol. The molecule has 0 unspecified atom stereocenters. The van der Waals surface area contributed by atoms with Gasteiger partial charge in [0.2, 0.25) is 0 Å². The molecule has 3 aromatic rings. The van der Waals surface area contributed by atoms with Gasteiger partial charge in [0.25, 0.3) is 11.8 Å². The van der Waals surface area contributed by atoms with Crippen molar-refractivity contribution < 1.29 is 14.1 Å². The Bertz CT molecular complexity index is 930. The number of benzene rings is 1. The maximum absolute atomic E-state index is 12.8. The predicted octanol–water partition coefficient (Wildman–Crippen LogP) is 3.92. The van der Waals surface area contributed by atoms with Crippen molar-refractivity contribution in [2.24, 2.45) is 0 Å². The highest BCUT2D eigenvalue weighted by Crippen LogP contribution is 2.30. The molecular formula is C20H19ClN4O3. The molecule has 0 spiro atoms. The first kappa shape index (κ1) is 18.4. The average Bonchev–Trinajstić information content (AvgIpc) is 3.23. The quantitative estimate of drug-likeness (QED) is 0.606. The van der Waals surface area contributed by atoms with Gasteiger partial charge in [0.1, 0.15) is 10.9 Å². The molecule has 1 fully saturated rings. The van der Waals surface area contributed by atoms with Crippen molar-refractivity contribution in [3.63, 3.8) is 0 Å². The summed E-state index contributed by atoms with van der Waals surface area (Å²) in [5, 5.41) is 4.50. The molecule has 4 rings (SSSR count). The van der Waals surface area contributed by atoms with Crippen molar-refractivity contribution in [1.82, 2.24) is 20.0 Å². The van der Waals surface area contributed by atoms with Crippen LogP contribution in [0.5, 0.6) is 5.75 Å². The van der Waals surface area contributed by atoms with Crippen LogP contribution in [0, 0.1) is 0 Å². The highest BCUT2D eigenvalue weighted by atomic mass is 35.5. The van der Waals surface area contributed by atoms with Gasteiger partial charge in [-0.1, -0.05) is 35.0 Å². The monoisotopic (exact) mass is 398 g/mol. The van der Waals surface area contributed by atoms with Gasteiger partial charge >= 0.3 is 0 Å². The van der Waals surface area contributed by atoms with Crippen molar-refractivity contribution in [2.75, 3.05) is 13.2 Å². The first-order valence-corrected chi connectivity index (χ1v) is 9.51. The molecule has 1 amide bonds. The number of carbonyl (C=O) groups excluding carboxylic acids is 1. The second-order valence-corrected chi connectivity index (χ2v) is 6.92. The van der Waals surface area contributed by atoms with Crippen molar-refractivity contribution in [3.8, 4) is 17.2 Å². The molecule has 7 nitrogen and oxygen atoms in total. The van der Waals surface area contributed by atoms with E-state index in [-0.39, 0.29) is 18.6 Å². The summed E-state index contributed by atoms with van der Waals surface area (Å²) < 4.78 is 11.0. The predicted molar refractivity (Wildman–Crippen MR) is 103 cm³/mol. The van der Waals surface area contributed by atoms with Gasteiger partial charge in [0.15, 0.2) is 12.4 Å². The number of nitrogens with zero attached hydrogens (tertiary/aromatic N) is 4. The van der Waals surface area contributed by atoms with Crippen LogP contribution in [0.1, 0.15) is 31.1 Å². The third-order valence-corrected chi connectivity index (χ3v) is 4.87. The molecule has 1 aliphatic rings. The van der Waals surface area contributed by atoms with Crippen LogP contribution in [0.25, 0.3) is 11.5 Å². The summed E-state index contributed by atoms with van der Waals surface area (Å²) in [6.07, 6.45) is 4.31. The number of amides is 1. The van der Waals surface area contributed by atoms with Gasteiger partial charge in [-0.15, -0.1) is 0 Å². The molecule has 0 saturated carbocycles. The smallest absolute Gasteiger partial charge is 0.261 e. The fourth-order valence-electron chi connectivity index (χ4n) is 3.23. The van der Waals surface area contributed by atoms with Crippen molar-refractivity contribution in [1.29, 1.82) is 0 Å². The lowest BCUT2D eigenvalue weighted by atomic mass is 10.0. The van der Waals surface area contributed by atoms with E-state index in [1.165, 1.54) is 0 Å². The van der Waals surface area contributed by atoms with E-state index in [1.54, 1.807) is 23.2 Å². The fourth-order valence-corrected chi connectivity index (χ4v) is 3.34. The molecule has 0 radical (unpaired) electrons. The minimum atomic E-state index is -0.224. The maximum atomic E-state index is 12.8. The van der Waals surface area contributed by atoms with Crippen LogP contribution in [0.3, 0.4) is 0 Å². The fraction of sp³-hybridized carbons (Fsp3) is 0.300. The first-order valence-electron chi connectivity index (χ1n) is 9.13. The number of likely N-dealkylation sites (tertiary alicyclic amines) is 1. The third-order valence-electron chi connectivity index (χ3n) is 4.64. The standard InChI is InChI=1S/C20H19ClN4O3/c21-17-10-9-14(12-22-17)20-23-19(24-28-20)16-8-4-5-11-25(16)18(26)13-27-15-6-2-1-3-7-15/h1-3,6-7,9-10,12,16H,4-5,8,11,13H2/t16-/m1/s1. The van der Waals surface area contributed by atoms with E-state index >= 15 is 0 Å². The van der Waals surface area contributed by atoms with Gasteiger partial charge in [0.05, 0.1) is 11.6 Å². The van der Waals surface area contributed by atoms with Crippen LogP contribution in [-0.4, -0.2) is 39.1 Å². The van der Waals surface area contributed by atoms with E-state index in [9.17, 15) is 4.79 Å². The molecule has 1 saturated heterocycles. The van der Waals surface area contributed by atoms with Crippen LogP contribution in [0.4, 0.5) is 0 Å². The van der Waals surface area contributed by atoms with Crippen LogP contribution in [0.2, 0.25) is 5.15 Å². The van der Waals surface area contributed by atoms with E-state index in [4.69, 9.17) is 20.9 Å². The minimum absolute atomic E-state index is 0.0215. The number of hydrogen-bond donors (Lipinski definition) is 0. The second-order valence-electron chi connectivity index (χ2n) is 6.53. The maximum Gasteiger partial charge on any atom is 0.261 e. The van der Waals surface area contributed by atoms with E-state index in [2.05, 4.69) is 15.1 Å². The number of para-hydroxylation sites is 1. The van der Waals surface area contributed by atoms with Crippen LogP contribution in [-0.2, 0) is 4.79 Å². The lowest BCUT2D eigenvalue weighted by Gasteiger charge is -2.33. The van der Waals surface area contributed by atoms with E-state index in [0.29, 0.717) is 34.7 Å². The Kier molecular flexibility index (Phi) is 5.53. The van der Waals surface area contributed by atoms with Crippen LogP contribution < -0.4 is 4.74 Å². The number of ether oxygens (including phenoxy) is 1. The number of pyridine rings is 1. The van der Waals surface area contributed by atoms with Crippen LogP contribution >= 0.6 is 11.6 Å². The number of hydrogen-bond acceptors (Lipinski definition) is 6. The lowest BCUT2D eigenvalue weighted by molar-refractivity contribution is -0.137. The second kappa shape index (κ2) is 8.39. The van der Waals surface area contributed by atoms with E-state index in [0.717, 1.165) is 19.3 Å². The van der Waals surface area contributed by atoms with Crippen molar-refractivity contribution >= 4 is 17.5 Å². The first-order chi connectivity index (χ1) is 13.7. The molecule has 28 heavy (non-hydrogen) atoms. The van der Waals surface area contributed by atoms with Crippen LogP contribution in [0.15, 0.2) is 53.2 Å². The number of aromatic nitrogens is 3. The lowest BCUT2D eigenvalue weighted by Crippen LogP contribution is -2.41. The summed E-state index contributed by atoms with van der Waals surface area (Å²) in [6.45, 7) is 0.625. The van der Waals surface area contributed by atoms with Gasteiger partial charge in [0, 0.05) is 12.7 Å². The van der Waals surface area contributed by atoms with Gasteiger partial charge in [-0.25, -0.2) is 4.98 Å². The summed E-state index contributed by atoms with van der Waals surface area (Å²) in [5.74, 6) is 1.44. The molecule has 144 valence electrons. The Hall–Kier alpha value is -2.93. The zero-order chi connectivity index (χ0) is 19.3. The molecule has 0 aliphatic carbocycles. The summed E-state index contributed by atoms with van der Waals surface area (Å²) >= 11 is 5.82. The molecule has 1 atom stereocenters. The molecule has 2 aromatic heterocycles. The zero-order valence-corrected chi connectivity index (χ0v) is 15.9. The number of rotatable bonds is 5. The largest absolute Gasteiger partial charge is 0.484 e. The highest BCUT2D eigenvalue weighted by molar-refractivity contribution is 6.29. The van der Waals surface area contributed by atoms with E-state index in [1.807, 2.05) is 30.3 Å². The Morgan fingerprint density at radius 3 is 2.86 bits per heavy atom. The topological polar surface area (TPSA) is 81.4 Å². The Labute approximate surface area is 167 Å². The Balaban J connectivity index is 1.47. The average molecular weight is 399 g/mol. The molecule has 1 aliphatic heterocycles. The summed E-state index contributed by atoms with van der Waals surface area (Å²) in [4.78, 5) is 23.1. The highest BCUT2D eigenvalue weighted by Gasteiger charge is 2.31. The minimum Gasteiger partial charge on any atom is -0.484 e. The van der Waals surface area contributed by atoms with Crippen molar-refractivity contribution in [3.05, 3.63) is 59.6 Å². The Morgan fingerprint density at radius 2 is 2.07 bits per heavy atom. The van der Waals surface area contributed by atoms with Gasteiger partial charge < -0.3 is 14.2 Å². The molecule has 1 aromatic carbocycles. The normalized spacial score (nSPS) is 16.8.